The van der Waals surface area contributed by atoms with E-state index < -0.39 is 5.97 Å². The van der Waals surface area contributed by atoms with E-state index in [0.717, 1.165) is 24.5 Å². The first-order chi connectivity index (χ1) is 9.20. The van der Waals surface area contributed by atoms with Crippen LogP contribution in [-0.2, 0) is 4.79 Å². The van der Waals surface area contributed by atoms with Crippen LogP contribution >= 0.6 is 0 Å². The Labute approximate surface area is 124 Å². The van der Waals surface area contributed by atoms with Crippen molar-refractivity contribution in [3.8, 4) is 0 Å². The fraction of sp³-hybridized carbons (Fsp3) is 0.867. The van der Waals surface area contributed by atoms with Gasteiger partial charge in [-0.1, -0.05) is 26.7 Å². The van der Waals surface area contributed by atoms with Gasteiger partial charge in [0.2, 0.25) is 0 Å². The highest BCUT2D eigenvalue weighted by atomic mass is 16.4. The van der Waals surface area contributed by atoms with Crippen molar-refractivity contribution in [2.24, 2.45) is 4.99 Å². The van der Waals surface area contributed by atoms with Crippen LogP contribution in [0, 0.1) is 0 Å². The highest BCUT2D eigenvalue weighted by Gasteiger charge is 2.23. The number of carboxylic acid groups (broad SMARTS) is 1. The molecule has 0 amide bonds. The van der Waals surface area contributed by atoms with Gasteiger partial charge in [-0.25, -0.2) is 4.99 Å². The van der Waals surface area contributed by atoms with E-state index in [0.29, 0.717) is 0 Å². The third kappa shape index (κ3) is 12.0. The maximum atomic E-state index is 8.89. The minimum absolute atomic E-state index is 0.809. The van der Waals surface area contributed by atoms with Crippen LogP contribution in [0.3, 0.4) is 0 Å². The maximum absolute atomic E-state index is 8.89. The van der Waals surface area contributed by atoms with Crippen LogP contribution in [0.4, 0.5) is 0 Å². The zero-order valence-electron chi connectivity index (χ0n) is 14.4. The van der Waals surface area contributed by atoms with Crippen LogP contribution in [0.5, 0.6) is 0 Å². The third-order valence-electron chi connectivity index (χ3n) is 2.65. The van der Waals surface area contributed by atoms with Crippen LogP contribution in [-0.4, -0.2) is 62.6 Å². The Morgan fingerprint density at radius 2 is 1.45 bits per heavy atom. The first-order valence-electron chi connectivity index (χ1n) is 7.41. The second kappa shape index (κ2) is 11.7. The summed E-state index contributed by atoms with van der Waals surface area (Å²) in [6, 6.07) is 0. The number of unbranched alkanes of at least 4 members (excludes halogenated alkanes) is 2. The summed E-state index contributed by atoms with van der Waals surface area (Å²) in [6.45, 7) is 7.73. The monoisotopic (exact) mass is 287 g/mol. The summed E-state index contributed by atoms with van der Waals surface area (Å²) < 4.78 is 0.809. The van der Waals surface area contributed by atoms with Gasteiger partial charge in [0.15, 0.2) is 0 Å². The van der Waals surface area contributed by atoms with Gasteiger partial charge in [0, 0.05) is 26.1 Å². The molecule has 0 aromatic rings. The summed E-state index contributed by atoms with van der Waals surface area (Å²) >= 11 is 0. The van der Waals surface area contributed by atoms with Gasteiger partial charge in [-0.05, 0) is 19.8 Å². The number of nitrogens with zero attached hydrogens (tertiary/aromatic N) is 3. The van der Waals surface area contributed by atoms with Crippen molar-refractivity contribution in [3.05, 3.63) is 0 Å². The molecule has 0 unspecified atom stereocenters. The Kier molecular flexibility index (Phi) is 12.4. The molecule has 0 rings (SSSR count). The summed E-state index contributed by atoms with van der Waals surface area (Å²) in [7, 11) is 8.47. The number of hydrogen-bond donors (Lipinski definition) is 0. The lowest BCUT2D eigenvalue weighted by molar-refractivity contribution is -0.783. The number of aliphatic imine (C=N–C) groups is 1. The van der Waals surface area contributed by atoms with Gasteiger partial charge in [0.1, 0.15) is 0 Å². The van der Waals surface area contributed by atoms with Crippen molar-refractivity contribution in [2.75, 3.05) is 41.3 Å². The van der Waals surface area contributed by atoms with Crippen molar-refractivity contribution < 1.29 is 14.4 Å². The summed E-state index contributed by atoms with van der Waals surface area (Å²) in [5.41, 5.74) is 0. The van der Waals surface area contributed by atoms with Crippen molar-refractivity contribution in [1.82, 2.24) is 4.90 Å². The van der Waals surface area contributed by atoms with E-state index in [2.05, 4.69) is 44.9 Å². The number of carboxylic acids is 1. The predicted octanol–water partition coefficient (Wildman–Crippen LogP) is 1.34. The van der Waals surface area contributed by atoms with Crippen LogP contribution in [0.1, 0.15) is 46.5 Å². The first kappa shape index (κ1) is 21.2. The second-order valence-electron chi connectivity index (χ2n) is 5.72. The standard InChI is InChI=1S/C13H30N3.C2H4O2/c1-7-9-11-15(12-10-8-2)13(14-3)16(4,5)6;1-2(3)4/h7-12H2,1-6H3;1H3,(H,3,4)/q+1;/p-1/b14-13+;. The number of quaternary nitrogens is 1. The molecular weight excluding hydrogens is 254 g/mol. The molecule has 0 aliphatic heterocycles. The van der Waals surface area contributed by atoms with E-state index in [9.17, 15) is 0 Å². The maximum Gasteiger partial charge on any atom is 0.299 e. The van der Waals surface area contributed by atoms with Crippen LogP contribution in [0.25, 0.3) is 0 Å². The molecule has 0 bridgehead atoms. The van der Waals surface area contributed by atoms with Crippen LogP contribution < -0.4 is 5.11 Å². The van der Waals surface area contributed by atoms with Crippen molar-refractivity contribution in [2.45, 2.75) is 46.5 Å². The molecule has 0 aromatic carbocycles. The lowest BCUT2D eigenvalue weighted by Crippen LogP contribution is -2.52. The van der Waals surface area contributed by atoms with Crippen LogP contribution in [0.15, 0.2) is 4.99 Å². The molecule has 0 N–H and O–H groups in total. The molecule has 0 aliphatic carbocycles. The fourth-order valence-corrected chi connectivity index (χ4v) is 1.88. The van der Waals surface area contributed by atoms with E-state index in [1.165, 1.54) is 31.6 Å². The van der Waals surface area contributed by atoms with Gasteiger partial charge >= 0.3 is 0 Å². The predicted molar refractivity (Wildman–Crippen MR) is 83.5 cm³/mol. The Bertz CT molecular complexity index is 271. The molecule has 0 fully saturated rings. The number of carbonyl (C=O) groups excluding carboxylic acids is 1. The summed E-state index contributed by atoms with van der Waals surface area (Å²) in [5, 5.41) is 8.89. The molecule has 5 nitrogen and oxygen atoms in total. The molecule has 0 aromatic heterocycles. The Hall–Kier alpha value is -1.10. The summed E-state index contributed by atoms with van der Waals surface area (Å²) in [5.74, 6) is 0.113. The van der Waals surface area contributed by atoms with E-state index in [4.69, 9.17) is 9.90 Å². The Balaban J connectivity index is 0. The zero-order valence-corrected chi connectivity index (χ0v) is 14.4. The van der Waals surface area contributed by atoms with E-state index >= 15 is 0 Å². The average Bonchev–Trinajstić information content (AvgIpc) is 2.30. The lowest BCUT2D eigenvalue weighted by atomic mass is 10.2. The number of carbonyl (C=O) groups is 1. The zero-order chi connectivity index (χ0) is 16.2. The second-order valence-corrected chi connectivity index (χ2v) is 5.72. The first-order valence-corrected chi connectivity index (χ1v) is 7.41. The Morgan fingerprint density at radius 1 is 1.10 bits per heavy atom. The quantitative estimate of drug-likeness (QED) is 0.421. The van der Waals surface area contributed by atoms with Crippen molar-refractivity contribution >= 4 is 11.9 Å². The molecule has 0 saturated heterocycles. The van der Waals surface area contributed by atoms with Gasteiger partial charge in [0.25, 0.3) is 5.96 Å². The molecule has 0 aliphatic rings. The van der Waals surface area contributed by atoms with Gasteiger partial charge < -0.3 is 14.8 Å². The van der Waals surface area contributed by atoms with Crippen molar-refractivity contribution in [3.63, 3.8) is 0 Å². The molecule has 5 heteroatoms. The van der Waals surface area contributed by atoms with E-state index in [1.807, 2.05) is 7.05 Å². The average molecular weight is 287 g/mol. The molecule has 0 heterocycles. The number of hydrogen-bond acceptors (Lipinski definition) is 3. The Morgan fingerprint density at radius 3 is 1.65 bits per heavy atom. The fourth-order valence-electron chi connectivity index (χ4n) is 1.88. The van der Waals surface area contributed by atoms with Gasteiger partial charge in [0.05, 0.1) is 21.1 Å². The molecular formula is C15H33N3O2. The number of rotatable bonds is 6. The lowest BCUT2D eigenvalue weighted by Gasteiger charge is -2.33. The molecule has 0 atom stereocenters. The SMILES string of the molecule is CC(=O)[O-].CCCCN(CCCC)/C(=N\C)[N+](C)(C)C. The van der Waals surface area contributed by atoms with Gasteiger partial charge in [-0.15, -0.1) is 0 Å². The van der Waals surface area contributed by atoms with Gasteiger partial charge in [-0.2, -0.15) is 0 Å². The third-order valence-corrected chi connectivity index (χ3v) is 2.65. The van der Waals surface area contributed by atoms with Crippen LogP contribution in [0.2, 0.25) is 0 Å². The normalized spacial score (nSPS) is 11.7. The number of aliphatic carboxylic acids is 1. The van der Waals surface area contributed by atoms with Gasteiger partial charge in [-0.3, -0.25) is 4.48 Å². The largest absolute Gasteiger partial charge is 0.550 e. The highest BCUT2D eigenvalue weighted by Crippen LogP contribution is 2.06. The summed E-state index contributed by atoms with van der Waals surface area (Å²) in [4.78, 5) is 15.8. The van der Waals surface area contributed by atoms with E-state index in [-0.39, 0.29) is 0 Å². The molecule has 0 spiro atoms. The van der Waals surface area contributed by atoms with Crippen molar-refractivity contribution in [1.29, 1.82) is 0 Å². The topological polar surface area (TPSA) is 55.7 Å². The summed E-state index contributed by atoms with van der Waals surface area (Å²) in [6.07, 6.45) is 5.00. The highest BCUT2D eigenvalue weighted by molar-refractivity contribution is 5.72. The smallest absolute Gasteiger partial charge is 0.299 e. The molecule has 120 valence electrons. The molecule has 20 heavy (non-hydrogen) atoms. The molecule has 0 saturated carbocycles. The van der Waals surface area contributed by atoms with E-state index in [1.54, 1.807) is 0 Å². The minimum Gasteiger partial charge on any atom is -0.550 e. The molecule has 0 radical (unpaired) electrons. The minimum atomic E-state index is -1.08. The number of guanidine groups is 1.